The second-order valence-corrected chi connectivity index (χ2v) is 13.4. The number of rotatable bonds is 11. The molecule has 12 heteroatoms. The molecule has 0 aliphatic heterocycles. The molecule has 0 unspecified atom stereocenters. The molecule has 2 aliphatic carbocycles. The summed E-state index contributed by atoms with van der Waals surface area (Å²) >= 11 is 1.53. The van der Waals surface area contributed by atoms with Gasteiger partial charge in [-0.1, -0.05) is 6.07 Å². The topological polar surface area (TPSA) is 156 Å². The van der Waals surface area contributed by atoms with Crippen LogP contribution in [0.25, 0.3) is 10.4 Å². The summed E-state index contributed by atoms with van der Waals surface area (Å²) in [6.45, 7) is 3.82. The normalized spacial score (nSPS) is 20.4. The number of anilines is 1. The van der Waals surface area contributed by atoms with E-state index in [0.717, 1.165) is 35.6 Å². The van der Waals surface area contributed by atoms with Crippen molar-refractivity contribution in [1.82, 2.24) is 10.3 Å². The van der Waals surface area contributed by atoms with E-state index in [1.54, 1.807) is 12.3 Å². The highest BCUT2D eigenvalue weighted by Gasteiger charge is 2.39. The Balaban J connectivity index is 1.51. The second-order valence-electron chi connectivity index (χ2n) is 10.2. The fraction of sp³-hybridized carbons (Fsp3) is 0.519. The fourth-order valence-electron chi connectivity index (χ4n) is 4.60. The number of nitrogens with zero attached hydrogens (tertiary/aromatic N) is 2. The zero-order chi connectivity index (χ0) is 28.0. The third-order valence-corrected chi connectivity index (χ3v) is 10.2. The number of allylic oxidation sites excluding steroid dienone is 1. The number of aromatic nitrogens is 1. The molecule has 1 aromatic carbocycles. The minimum Gasteiger partial charge on any atom is -0.447 e. The van der Waals surface area contributed by atoms with E-state index in [-0.39, 0.29) is 47.5 Å². The molecule has 39 heavy (non-hydrogen) atoms. The number of aliphatic imine (C=N–C) groups is 1. The fourth-order valence-corrected chi connectivity index (χ4v) is 7.68. The molecular weight excluding hydrogens is 538 g/mol. The van der Waals surface area contributed by atoms with Crippen LogP contribution in [0.2, 0.25) is 0 Å². The first kappa shape index (κ1) is 29.0. The molecule has 0 saturated heterocycles. The van der Waals surface area contributed by atoms with Crippen LogP contribution in [-0.2, 0) is 14.6 Å². The van der Waals surface area contributed by atoms with E-state index in [4.69, 9.17) is 15.6 Å². The summed E-state index contributed by atoms with van der Waals surface area (Å²) < 4.78 is 32.0. The highest BCUT2D eigenvalue weighted by atomic mass is 32.2. The summed E-state index contributed by atoms with van der Waals surface area (Å²) in [5.74, 6) is 0.266. The summed E-state index contributed by atoms with van der Waals surface area (Å²) in [6.07, 6.45) is 8.88. The number of hydrogen-bond acceptors (Lipinski definition) is 10. The predicted molar refractivity (Wildman–Crippen MR) is 154 cm³/mol. The van der Waals surface area contributed by atoms with Crippen LogP contribution in [0, 0.1) is 0 Å². The number of carbonyl (C=O) groups excluding carboxylic acids is 1. The van der Waals surface area contributed by atoms with Crippen molar-refractivity contribution in [2.45, 2.75) is 80.6 Å². The van der Waals surface area contributed by atoms with Gasteiger partial charge in [-0.2, -0.15) is 0 Å². The lowest BCUT2D eigenvalue weighted by Gasteiger charge is -2.28. The maximum Gasteiger partial charge on any atom is 0.407 e. The molecule has 0 atom stereocenters. The first-order valence-electron chi connectivity index (χ1n) is 13.3. The molecule has 5 N–H and O–H groups in total. The van der Waals surface area contributed by atoms with Crippen LogP contribution >= 0.6 is 11.3 Å². The number of sulfone groups is 1. The SMILES string of the molecule is CC(C)OC(=O)NC1CCC(c2ncc(-c3ccc(NC(C=NCCO)=CN)cc3S(=O)(=O)C3CC3)s2)CC1. The van der Waals surface area contributed by atoms with Crippen molar-refractivity contribution >= 4 is 39.2 Å². The first-order valence-corrected chi connectivity index (χ1v) is 15.7. The number of benzene rings is 1. The van der Waals surface area contributed by atoms with Crippen LogP contribution in [0.15, 0.2) is 46.2 Å². The van der Waals surface area contributed by atoms with Gasteiger partial charge in [0.25, 0.3) is 0 Å². The average molecular weight is 576 g/mol. The molecule has 2 aromatic rings. The van der Waals surface area contributed by atoms with E-state index in [0.29, 0.717) is 29.8 Å². The maximum absolute atomic E-state index is 13.4. The largest absolute Gasteiger partial charge is 0.447 e. The molecule has 0 radical (unpaired) electrons. The van der Waals surface area contributed by atoms with Gasteiger partial charge in [-0.25, -0.2) is 18.2 Å². The third-order valence-electron chi connectivity index (χ3n) is 6.71. The summed E-state index contributed by atoms with van der Waals surface area (Å²) in [6, 6.07) is 5.37. The van der Waals surface area contributed by atoms with Crippen LogP contribution in [-0.4, -0.2) is 61.4 Å². The highest BCUT2D eigenvalue weighted by Crippen LogP contribution is 2.43. The summed E-state index contributed by atoms with van der Waals surface area (Å²) in [4.78, 5) is 21.8. The number of aliphatic hydroxyl groups excluding tert-OH is 1. The molecule has 0 spiro atoms. The van der Waals surface area contributed by atoms with Gasteiger partial charge in [0.2, 0.25) is 0 Å². The van der Waals surface area contributed by atoms with Gasteiger partial charge >= 0.3 is 6.09 Å². The second kappa shape index (κ2) is 12.9. The van der Waals surface area contributed by atoms with Crippen LogP contribution in [0.5, 0.6) is 0 Å². The molecule has 212 valence electrons. The Hall–Kier alpha value is -2.96. The number of carbonyl (C=O) groups is 1. The third kappa shape index (κ3) is 7.58. The van der Waals surface area contributed by atoms with E-state index in [1.807, 2.05) is 26.0 Å². The van der Waals surface area contributed by atoms with Crippen molar-refractivity contribution in [3.8, 4) is 10.4 Å². The van der Waals surface area contributed by atoms with Crippen LogP contribution in [0.1, 0.15) is 63.3 Å². The summed E-state index contributed by atoms with van der Waals surface area (Å²) in [5.41, 5.74) is 7.42. The van der Waals surface area contributed by atoms with Gasteiger partial charge in [0.15, 0.2) is 9.84 Å². The summed E-state index contributed by atoms with van der Waals surface area (Å²) in [7, 11) is -3.50. The maximum atomic E-state index is 13.4. The lowest BCUT2D eigenvalue weighted by Crippen LogP contribution is -2.38. The zero-order valence-corrected chi connectivity index (χ0v) is 23.9. The number of thiazole rings is 1. The van der Waals surface area contributed by atoms with Crippen molar-refractivity contribution in [2.75, 3.05) is 18.5 Å². The lowest BCUT2D eigenvalue weighted by atomic mass is 9.86. The monoisotopic (exact) mass is 575 g/mol. The van der Waals surface area contributed by atoms with Gasteiger partial charge in [-0.15, -0.1) is 11.3 Å². The number of amides is 1. The van der Waals surface area contributed by atoms with Crippen molar-refractivity contribution in [3.05, 3.63) is 41.3 Å². The Morgan fingerprint density at radius 3 is 2.64 bits per heavy atom. The van der Waals surface area contributed by atoms with Crippen LogP contribution in [0.3, 0.4) is 0 Å². The number of aliphatic hydroxyl groups is 1. The lowest BCUT2D eigenvalue weighted by molar-refractivity contribution is 0.109. The summed E-state index contributed by atoms with van der Waals surface area (Å²) in [5, 5.41) is 15.6. The molecule has 1 amide bonds. The average Bonchev–Trinajstić information content (AvgIpc) is 3.66. The van der Waals surface area contributed by atoms with Crippen LogP contribution in [0.4, 0.5) is 10.5 Å². The minimum atomic E-state index is -3.50. The predicted octanol–water partition coefficient (Wildman–Crippen LogP) is 4.18. The Morgan fingerprint density at radius 2 is 2.00 bits per heavy atom. The molecule has 4 rings (SSSR count). The molecule has 2 saturated carbocycles. The van der Waals surface area contributed by atoms with Gasteiger partial charge in [0, 0.05) is 41.8 Å². The van der Waals surface area contributed by atoms with E-state index in [2.05, 4.69) is 20.6 Å². The smallest absolute Gasteiger partial charge is 0.407 e. The molecule has 2 fully saturated rings. The molecule has 10 nitrogen and oxygen atoms in total. The van der Waals surface area contributed by atoms with Gasteiger partial charge in [0.05, 0.1) is 45.0 Å². The quantitative estimate of drug-likeness (QED) is 0.291. The Morgan fingerprint density at radius 1 is 1.26 bits per heavy atom. The van der Waals surface area contributed by atoms with Crippen molar-refractivity contribution in [1.29, 1.82) is 0 Å². The first-order chi connectivity index (χ1) is 18.7. The molecule has 1 aromatic heterocycles. The van der Waals surface area contributed by atoms with E-state index in [1.165, 1.54) is 23.8 Å². The molecule has 1 heterocycles. The van der Waals surface area contributed by atoms with Crippen molar-refractivity contribution in [2.24, 2.45) is 10.7 Å². The Labute approximate surface area is 233 Å². The molecule has 0 bridgehead atoms. The molecular formula is C27H37N5O5S2. The van der Waals surface area contributed by atoms with Gasteiger partial charge in [0.1, 0.15) is 0 Å². The van der Waals surface area contributed by atoms with Crippen molar-refractivity contribution in [3.63, 3.8) is 0 Å². The number of nitrogens with two attached hydrogens (primary N) is 1. The minimum absolute atomic E-state index is 0.0745. The number of hydrogen-bond donors (Lipinski definition) is 4. The standard InChI is InChI=1S/C27H37N5O5S2/c1-17(2)37-27(34)32-19-5-3-18(4-6-19)26-30-16-24(38-26)23-10-7-20(31-21(14-28)15-29-11-12-33)13-25(23)39(35,36)22-8-9-22/h7,10,13-19,22,31,33H,3-6,8-9,11-12,28H2,1-2H3,(H,32,34). The van der Waals surface area contributed by atoms with Gasteiger partial charge in [-0.3, -0.25) is 4.99 Å². The van der Waals surface area contributed by atoms with Gasteiger partial charge in [-0.05, 0) is 64.5 Å². The van der Waals surface area contributed by atoms with Gasteiger partial charge < -0.3 is 26.2 Å². The number of alkyl carbamates (subject to hydrolysis) is 1. The van der Waals surface area contributed by atoms with Crippen LogP contribution < -0.4 is 16.4 Å². The van der Waals surface area contributed by atoms with E-state index in [9.17, 15) is 13.2 Å². The Bertz CT molecular complexity index is 1310. The number of ether oxygens (including phenoxy) is 1. The highest BCUT2D eigenvalue weighted by molar-refractivity contribution is 7.92. The van der Waals surface area contributed by atoms with E-state index < -0.39 is 9.84 Å². The van der Waals surface area contributed by atoms with E-state index >= 15 is 0 Å². The Kier molecular flexibility index (Phi) is 9.62. The number of nitrogens with one attached hydrogen (secondary N) is 2. The molecule has 2 aliphatic rings. The van der Waals surface area contributed by atoms with Crippen molar-refractivity contribution < 1.29 is 23.1 Å². The zero-order valence-electron chi connectivity index (χ0n) is 22.3.